The van der Waals surface area contributed by atoms with Crippen LogP contribution in [0.5, 0.6) is 11.5 Å². The smallest absolute Gasteiger partial charge is 0.269 e. The fraction of sp³-hybridized carbons (Fsp3) is 0.480. The molecule has 0 saturated heterocycles. The van der Waals surface area contributed by atoms with E-state index in [1.807, 2.05) is 23.1 Å². The summed E-state index contributed by atoms with van der Waals surface area (Å²) in [6.07, 6.45) is 7.06. The minimum atomic E-state index is 0.456. The summed E-state index contributed by atoms with van der Waals surface area (Å²) < 4.78 is 11.8. The molecule has 0 amide bonds. The molecule has 3 rings (SSSR count). The van der Waals surface area contributed by atoms with E-state index in [0.717, 1.165) is 50.4 Å². The molecule has 0 bridgehead atoms. The highest BCUT2D eigenvalue weighted by Crippen LogP contribution is 2.32. The summed E-state index contributed by atoms with van der Waals surface area (Å²) in [6.45, 7) is 6.15. The third-order valence-corrected chi connectivity index (χ3v) is 6.09. The maximum Gasteiger partial charge on any atom is 0.269 e. The minimum Gasteiger partial charge on any atom is -0.494 e. The van der Waals surface area contributed by atoms with Gasteiger partial charge in [-0.1, -0.05) is 31.4 Å². The largest absolute Gasteiger partial charge is 0.494 e. The van der Waals surface area contributed by atoms with E-state index in [2.05, 4.69) is 31.0 Å². The predicted molar refractivity (Wildman–Crippen MR) is 134 cm³/mol. The first-order chi connectivity index (χ1) is 15.1. The fourth-order valence-corrected chi connectivity index (χ4v) is 4.15. The highest BCUT2D eigenvalue weighted by molar-refractivity contribution is 7.80. The lowest BCUT2D eigenvalue weighted by Gasteiger charge is -2.20. The predicted octanol–water partition coefficient (Wildman–Crippen LogP) is 6.35. The monoisotopic (exact) mass is 460 g/mol. The Morgan fingerprint density at radius 2 is 1.74 bits per heavy atom. The van der Waals surface area contributed by atoms with Gasteiger partial charge in [0.1, 0.15) is 11.5 Å². The Bertz CT molecular complexity index is 844. The summed E-state index contributed by atoms with van der Waals surface area (Å²) in [7, 11) is 2.21. The van der Waals surface area contributed by atoms with Gasteiger partial charge < -0.3 is 19.3 Å². The molecule has 0 spiro atoms. The Hall–Kier alpha value is -1.82. The second-order valence-electron chi connectivity index (χ2n) is 8.08. The van der Waals surface area contributed by atoms with Gasteiger partial charge in [-0.2, -0.15) is 0 Å². The van der Waals surface area contributed by atoms with Crippen LogP contribution < -0.4 is 14.4 Å². The molecule has 2 aromatic rings. The van der Waals surface area contributed by atoms with E-state index in [1.54, 1.807) is 12.1 Å². The van der Waals surface area contributed by atoms with Gasteiger partial charge in [0.25, 0.3) is 5.17 Å². The van der Waals surface area contributed by atoms with Crippen molar-refractivity contribution in [3.63, 3.8) is 0 Å². The lowest BCUT2D eigenvalue weighted by atomic mass is 10.1. The second kappa shape index (κ2) is 12.3. The summed E-state index contributed by atoms with van der Waals surface area (Å²) in [5.74, 6) is 1.63. The van der Waals surface area contributed by atoms with E-state index in [1.165, 1.54) is 31.4 Å². The quantitative estimate of drug-likeness (QED) is 0.287. The van der Waals surface area contributed by atoms with Crippen LogP contribution in [0.2, 0.25) is 5.02 Å². The molecule has 0 saturated carbocycles. The zero-order valence-electron chi connectivity index (χ0n) is 18.6. The molecule has 0 unspecified atom stereocenters. The number of halogens is 1. The SMILES string of the molecule is CCCCCN(C)CCCCOc1ccc2c(c1)CCN2C(=S)Oc1ccc(Cl)cc1. The van der Waals surface area contributed by atoms with Gasteiger partial charge in [-0.3, -0.25) is 0 Å². The molecule has 1 aliphatic heterocycles. The number of thiocarbonyl (C=S) groups is 1. The standard InChI is InChI=1S/C25H33ClN2O2S/c1-3-4-5-15-27(2)16-6-7-18-29-23-12-13-24-20(19-23)14-17-28(24)25(31)30-22-10-8-21(26)9-11-22/h8-13,19H,3-7,14-18H2,1-2H3. The van der Waals surface area contributed by atoms with E-state index in [4.69, 9.17) is 33.3 Å². The van der Waals surface area contributed by atoms with Crippen molar-refractivity contribution >= 4 is 34.7 Å². The second-order valence-corrected chi connectivity index (χ2v) is 8.87. The first-order valence-corrected chi connectivity index (χ1v) is 12.0. The van der Waals surface area contributed by atoms with Crippen LogP contribution in [0.3, 0.4) is 0 Å². The fourth-order valence-electron chi connectivity index (χ4n) is 3.73. The van der Waals surface area contributed by atoms with Crippen LogP contribution in [0.4, 0.5) is 5.69 Å². The molecule has 168 valence electrons. The van der Waals surface area contributed by atoms with Crippen LogP contribution >= 0.6 is 23.8 Å². The van der Waals surface area contributed by atoms with Crippen molar-refractivity contribution in [2.24, 2.45) is 0 Å². The third kappa shape index (κ3) is 7.37. The van der Waals surface area contributed by atoms with E-state index in [-0.39, 0.29) is 0 Å². The van der Waals surface area contributed by atoms with Crippen molar-refractivity contribution in [1.29, 1.82) is 0 Å². The molecule has 0 radical (unpaired) electrons. The Morgan fingerprint density at radius 3 is 2.48 bits per heavy atom. The number of anilines is 1. The van der Waals surface area contributed by atoms with Gasteiger partial charge in [-0.15, -0.1) is 0 Å². The Balaban J connectivity index is 1.42. The van der Waals surface area contributed by atoms with Crippen molar-refractivity contribution in [2.75, 3.05) is 38.2 Å². The maximum absolute atomic E-state index is 6.00. The van der Waals surface area contributed by atoms with Crippen LogP contribution in [0.15, 0.2) is 42.5 Å². The van der Waals surface area contributed by atoms with Crippen LogP contribution in [-0.4, -0.2) is 43.4 Å². The molecule has 0 N–H and O–H groups in total. The summed E-state index contributed by atoms with van der Waals surface area (Å²) >= 11 is 11.5. The Morgan fingerprint density at radius 1 is 1.03 bits per heavy atom. The Labute approximate surface area is 197 Å². The lowest BCUT2D eigenvalue weighted by Crippen LogP contribution is -2.31. The number of ether oxygens (including phenoxy) is 2. The number of nitrogens with zero attached hydrogens (tertiary/aromatic N) is 2. The van der Waals surface area contributed by atoms with Crippen molar-refractivity contribution in [1.82, 2.24) is 4.90 Å². The first-order valence-electron chi connectivity index (χ1n) is 11.3. The minimum absolute atomic E-state index is 0.456. The van der Waals surface area contributed by atoms with E-state index >= 15 is 0 Å². The summed E-state index contributed by atoms with van der Waals surface area (Å²) in [4.78, 5) is 4.46. The number of unbranched alkanes of at least 4 members (excludes halogenated alkanes) is 3. The molecule has 6 heteroatoms. The van der Waals surface area contributed by atoms with Gasteiger partial charge in [-0.25, -0.2) is 0 Å². The topological polar surface area (TPSA) is 24.9 Å². The average Bonchev–Trinajstić information content (AvgIpc) is 3.19. The number of benzene rings is 2. The van der Waals surface area contributed by atoms with Gasteiger partial charge in [0.05, 0.1) is 6.61 Å². The maximum atomic E-state index is 6.00. The summed E-state index contributed by atoms with van der Waals surface area (Å²) in [6, 6.07) is 13.5. The van der Waals surface area contributed by atoms with Crippen LogP contribution in [0, 0.1) is 0 Å². The van der Waals surface area contributed by atoms with Crippen LogP contribution in [0.1, 0.15) is 44.6 Å². The molecule has 0 fully saturated rings. The molecular formula is C25H33ClN2O2S. The van der Waals surface area contributed by atoms with Gasteiger partial charge >= 0.3 is 0 Å². The number of fused-ring (bicyclic) bond motifs is 1. The molecule has 4 nitrogen and oxygen atoms in total. The zero-order valence-corrected chi connectivity index (χ0v) is 20.2. The first kappa shape index (κ1) is 23.8. The summed E-state index contributed by atoms with van der Waals surface area (Å²) in [5.41, 5.74) is 2.34. The number of hydrogen-bond donors (Lipinski definition) is 0. The van der Waals surface area contributed by atoms with Crippen LogP contribution in [0.25, 0.3) is 0 Å². The molecule has 2 aromatic carbocycles. The van der Waals surface area contributed by atoms with Gasteiger partial charge in [0, 0.05) is 17.3 Å². The van der Waals surface area contributed by atoms with Gasteiger partial charge in [0.15, 0.2) is 0 Å². The van der Waals surface area contributed by atoms with Crippen molar-refractivity contribution in [3.8, 4) is 11.5 Å². The number of rotatable bonds is 11. The number of hydrogen-bond acceptors (Lipinski definition) is 4. The van der Waals surface area contributed by atoms with Gasteiger partial charge in [0.2, 0.25) is 0 Å². The molecule has 0 aliphatic carbocycles. The molecule has 31 heavy (non-hydrogen) atoms. The van der Waals surface area contributed by atoms with Gasteiger partial charge in [-0.05, 0) is 106 Å². The van der Waals surface area contributed by atoms with Crippen molar-refractivity contribution in [2.45, 2.75) is 45.4 Å². The van der Waals surface area contributed by atoms with Crippen molar-refractivity contribution < 1.29 is 9.47 Å². The highest BCUT2D eigenvalue weighted by atomic mass is 35.5. The van der Waals surface area contributed by atoms with Crippen molar-refractivity contribution in [3.05, 3.63) is 53.1 Å². The molecule has 1 heterocycles. The van der Waals surface area contributed by atoms with E-state index < -0.39 is 0 Å². The zero-order chi connectivity index (χ0) is 22.1. The molecule has 0 atom stereocenters. The molecule has 0 aromatic heterocycles. The lowest BCUT2D eigenvalue weighted by molar-refractivity contribution is 0.276. The molecular weight excluding hydrogens is 428 g/mol. The Kier molecular flexibility index (Phi) is 9.44. The normalized spacial score (nSPS) is 12.8. The van der Waals surface area contributed by atoms with Crippen LogP contribution in [-0.2, 0) is 6.42 Å². The average molecular weight is 461 g/mol. The third-order valence-electron chi connectivity index (χ3n) is 5.53. The molecule has 1 aliphatic rings. The summed E-state index contributed by atoms with van der Waals surface area (Å²) in [5, 5.41) is 1.13. The van der Waals surface area contributed by atoms with E-state index in [9.17, 15) is 0 Å². The van der Waals surface area contributed by atoms with E-state index in [0.29, 0.717) is 15.9 Å². The highest BCUT2D eigenvalue weighted by Gasteiger charge is 2.24.